The summed E-state index contributed by atoms with van der Waals surface area (Å²) in [5.74, 6) is 0.555. The van der Waals surface area contributed by atoms with E-state index in [1.807, 2.05) is 60.7 Å². The molecule has 0 atom stereocenters. The van der Waals surface area contributed by atoms with Gasteiger partial charge in [-0.3, -0.25) is 4.90 Å². The van der Waals surface area contributed by atoms with Crippen LogP contribution in [0.4, 0.5) is 10.5 Å². The molecule has 168 valence electrons. The van der Waals surface area contributed by atoms with Crippen LogP contribution in [0.15, 0.2) is 60.7 Å². The van der Waals surface area contributed by atoms with Gasteiger partial charge in [-0.2, -0.15) is 0 Å². The third kappa shape index (κ3) is 5.85. The summed E-state index contributed by atoms with van der Waals surface area (Å²) < 4.78 is 5.40. The predicted molar refractivity (Wildman–Crippen MR) is 132 cm³/mol. The maximum atomic E-state index is 12.1. The lowest BCUT2D eigenvalue weighted by Crippen LogP contribution is -2.46. The number of carbonyl (C=O) groups is 1. The van der Waals surface area contributed by atoms with Gasteiger partial charge in [0.25, 0.3) is 0 Å². The molecule has 0 saturated carbocycles. The van der Waals surface area contributed by atoms with Crippen LogP contribution in [0.5, 0.6) is 5.75 Å². The molecule has 1 saturated heterocycles. The largest absolute Gasteiger partial charge is 0.412 e. The molecule has 1 aliphatic heterocycles. The minimum Gasteiger partial charge on any atom is -0.410 e. The molecule has 0 spiro atoms. The van der Waals surface area contributed by atoms with Gasteiger partial charge in [-0.15, -0.1) is 0 Å². The van der Waals surface area contributed by atoms with Gasteiger partial charge in [-0.1, -0.05) is 59.6 Å². The molecular weight excluding hydrogens is 445 g/mol. The van der Waals surface area contributed by atoms with E-state index >= 15 is 0 Å². The highest BCUT2D eigenvalue weighted by molar-refractivity contribution is 6.43. The Labute approximate surface area is 198 Å². The first kappa shape index (κ1) is 22.7. The molecule has 1 N–H and O–H groups in total. The number of hydrogen-bond acceptors (Lipinski definition) is 4. The van der Waals surface area contributed by atoms with Crippen molar-refractivity contribution >= 4 is 45.8 Å². The fourth-order valence-electron chi connectivity index (χ4n) is 3.97. The lowest BCUT2D eigenvalue weighted by molar-refractivity contribution is 0.199. The molecule has 1 aliphatic rings. The number of ether oxygens (including phenoxy) is 1. The van der Waals surface area contributed by atoms with Crippen LogP contribution in [0.2, 0.25) is 10.0 Å². The number of nitrogens with one attached hydrogen (secondary N) is 1. The van der Waals surface area contributed by atoms with Crippen LogP contribution in [-0.4, -0.2) is 50.3 Å². The molecule has 0 bridgehead atoms. The summed E-state index contributed by atoms with van der Waals surface area (Å²) in [6.07, 6.45) is 1.52. The lowest BCUT2D eigenvalue weighted by atomic mass is 10.1. The molecule has 7 heteroatoms. The van der Waals surface area contributed by atoms with Crippen LogP contribution in [0.3, 0.4) is 0 Å². The van der Waals surface area contributed by atoms with E-state index in [1.54, 1.807) is 0 Å². The highest BCUT2D eigenvalue weighted by Crippen LogP contribution is 2.32. The summed E-state index contributed by atoms with van der Waals surface area (Å²) in [4.78, 5) is 16.8. The summed E-state index contributed by atoms with van der Waals surface area (Å²) in [6.45, 7) is 5.44. The summed E-state index contributed by atoms with van der Waals surface area (Å²) in [6, 6.07) is 19.4. The molecule has 0 aliphatic carbocycles. The Hall–Kier alpha value is -2.47. The zero-order valence-electron chi connectivity index (χ0n) is 17.9. The lowest BCUT2D eigenvalue weighted by Gasteiger charge is -2.36. The summed E-state index contributed by atoms with van der Waals surface area (Å²) in [5.41, 5.74) is 1.01. The van der Waals surface area contributed by atoms with E-state index in [0.717, 1.165) is 62.0 Å². The van der Waals surface area contributed by atoms with Gasteiger partial charge in [0.2, 0.25) is 0 Å². The van der Waals surface area contributed by atoms with Gasteiger partial charge < -0.3 is 15.0 Å². The van der Waals surface area contributed by atoms with E-state index in [1.165, 1.54) is 0 Å². The predicted octanol–water partition coefficient (Wildman–Crippen LogP) is 5.84. The monoisotopic (exact) mass is 471 g/mol. The Morgan fingerprint density at radius 3 is 2.50 bits per heavy atom. The van der Waals surface area contributed by atoms with Crippen molar-refractivity contribution in [3.63, 3.8) is 0 Å². The third-order valence-electron chi connectivity index (χ3n) is 5.75. The maximum absolute atomic E-state index is 12.1. The fraction of sp³-hybridized carbons (Fsp3) is 0.320. The van der Waals surface area contributed by atoms with Crippen molar-refractivity contribution in [2.75, 3.05) is 44.2 Å². The van der Waals surface area contributed by atoms with Crippen LogP contribution in [0.1, 0.15) is 12.8 Å². The molecule has 32 heavy (non-hydrogen) atoms. The van der Waals surface area contributed by atoms with Crippen molar-refractivity contribution in [3.8, 4) is 5.75 Å². The molecule has 3 aromatic carbocycles. The second kappa shape index (κ2) is 10.9. The normalized spacial score (nSPS) is 14.5. The zero-order valence-corrected chi connectivity index (χ0v) is 19.4. The topological polar surface area (TPSA) is 44.8 Å². The van der Waals surface area contributed by atoms with E-state index < -0.39 is 6.09 Å². The number of amides is 1. The summed E-state index contributed by atoms with van der Waals surface area (Å²) in [5, 5.41) is 6.24. The van der Waals surface area contributed by atoms with Crippen molar-refractivity contribution in [3.05, 3.63) is 70.7 Å². The average molecular weight is 472 g/mol. The minimum absolute atomic E-state index is 0.410. The first-order valence-electron chi connectivity index (χ1n) is 11.0. The molecule has 5 nitrogen and oxygen atoms in total. The van der Waals surface area contributed by atoms with Crippen LogP contribution >= 0.6 is 23.2 Å². The molecule has 0 unspecified atom stereocenters. The molecule has 1 heterocycles. The molecular formula is C25H27Cl2N3O2. The maximum Gasteiger partial charge on any atom is 0.412 e. The number of hydrogen-bond donors (Lipinski definition) is 1. The first-order chi connectivity index (χ1) is 15.6. The van der Waals surface area contributed by atoms with Crippen LogP contribution in [-0.2, 0) is 0 Å². The van der Waals surface area contributed by atoms with Crippen molar-refractivity contribution in [1.29, 1.82) is 0 Å². The standard InChI is InChI=1S/C25H27Cl2N3O2/c26-22-8-5-9-23(24(22)27)30-16-14-29(15-17-30)13-4-3-12-28-25(31)32-21-11-10-19-6-1-2-7-20(19)18-21/h1-2,5-11,18H,3-4,12-17H2,(H,28,31). The Bertz CT molecular complexity index is 1070. The molecule has 0 aromatic heterocycles. The van der Waals surface area contributed by atoms with Crippen LogP contribution in [0, 0.1) is 0 Å². The number of carbonyl (C=O) groups excluding carboxylic acids is 1. The summed E-state index contributed by atoms with van der Waals surface area (Å²) >= 11 is 12.5. The zero-order chi connectivity index (χ0) is 22.3. The van der Waals surface area contributed by atoms with E-state index in [9.17, 15) is 4.79 Å². The smallest absolute Gasteiger partial charge is 0.410 e. The van der Waals surface area contributed by atoms with Gasteiger partial charge in [0.05, 0.1) is 15.7 Å². The number of halogens is 2. The highest BCUT2D eigenvalue weighted by Gasteiger charge is 2.19. The quantitative estimate of drug-likeness (QED) is 0.439. The Kier molecular flexibility index (Phi) is 7.74. The van der Waals surface area contributed by atoms with Crippen molar-refractivity contribution < 1.29 is 9.53 Å². The molecule has 3 aromatic rings. The van der Waals surface area contributed by atoms with Crippen molar-refractivity contribution in [2.24, 2.45) is 0 Å². The van der Waals surface area contributed by atoms with Crippen LogP contribution < -0.4 is 15.0 Å². The number of fused-ring (bicyclic) bond motifs is 1. The number of unbranched alkanes of at least 4 members (excludes halogenated alkanes) is 1. The van der Waals surface area contributed by atoms with Gasteiger partial charge in [0.15, 0.2) is 0 Å². The van der Waals surface area contributed by atoms with Crippen molar-refractivity contribution in [2.45, 2.75) is 12.8 Å². The van der Waals surface area contributed by atoms with Gasteiger partial charge in [0, 0.05) is 32.7 Å². The van der Waals surface area contributed by atoms with E-state index in [-0.39, 0.29) is 0 Å². The molecule has 1 fully saturated rings. The second-order valence-corrected chi connectivity index (χ2v) is 8.72. The van der Waals surface area contributed by atoms with Crippen LogP contribution in [0.25, 0.3) is 10.8 Å². The minimum atomic E-state index is -0.410. The second-order valence-electron chi connectivity index (χ2n) is 7.93. The molecule has 0 radical (unpaired) electrons. The van der Waals surface area contributed by atoms with E-state index in [4.69, 9.17) is 27.9 Å². The van der Waals surface area contributed by atoms with Gasteiger partial charge in [0.1, 0.15) is 5.75 Å². The Morgan fingerprint density at radius 2 is 1.69 bits per heavy atom. The van der Waals surface area contributed by atoms with E-state index in [2.05, 4.69) is 15.1 Å². The van der Waals surface area contributed by atoms with Gasteiger partial charge in [-0.05, 0) is 54.4 Å². The Morgan fingerprint density at radius 1 is 0.906 bits per heavy atom. The number of rotatable bonds is 7. The van der Waals surface area contributed by atoms with Gasteiger partial charge >= 0.3 is 6.09 Å². The Balaban J connectivity index is 1.12. The average Bonchev–Trinajstić information content (AvgIpc) is 2.81. The summed E-state index contributed by atoms with van der Waals surface area (Å²) in [7, 11) is 0. The molecule has 4 rings (SSSR count). The fourth-order valence-corrected chi connectivity index (χ4v) is 4.39. The number of nitrogens with zero attached hydrogens (tertiary/aromatic N) is 2. The third-order valence-corrected chi connectivity index (χ3v) is 6.56. The molecule has 1 amide bonds. The number of benzene rings is 3. The number of anilines is 1. The first-order valence-corrected chi connectivity index (χ1v) is 11.7. The number of piperazine rings is 1. The van der Waals surface area contributed by atoms with E-state index in [0.29, 0.717) is 22.3 Å². The van der Waals surface area contributed by atoms with Crippen molar-refractivity contribution in [1.82, 2.24) is 10.2 Å². The highest BCUT2D eigenvalue weighted by atomic mass is 35.5. The SMILES string of the molecule is O=C(NCCCCN1CCN(c2cccc(Cl)c2Cl)CC1)Oc1ccc2ccccc2c1. The van der Waals surface area contributed by atoms with Gasteiger partial charge in [-0.25, -0.2) is 4.79 Å².